The van der Waals surface area contributed by atoms with E-state index in [2.05, 4.69) is 88.0 Å². The Hall–Kier alpha value is -2.12. The molecule has 0 unspecified atom stereocenters. The van der Waals surface area contributed by atoms with Crippen LogP contribution < -0.4 is 0 Å². The van der Waals surface area contributed by atoms with Crippen LogP contribution in [0.25, 0.3) is 6.08 Å². The van der Waals surface area contributed by atoms with Gasteiger partial charge >= 0.3 is 0 Å². The number of rotatable bonds is 6. The number of hydrogen-bond acceptors (Lipinski definition) is 1. The second kappa shape index (κ2) is 7.24. The third-order valence-corrected chi connectivity index (χ3v) is 3.85. The molecule has 0 heterocycles. The molecule has 0 radical (unpaired) electrons. The van der Waals surface area contributed by atoms with Gasteiger partial charge in [0, 0.05) is 0 Å². The molecule has 0 aromatic heterocycles. The van der Waals surface area contributed by atoms with E-state index >= 15 is 0 Å². The van der Waals surface area contributed by atoms with E-state index in [9.17, 15) is 0 Å². The maximum Gasteiger partial charge on any atom is 0.109 e. The van der Waals surface area contributed by atoms with E-state index in [1.165, 1.54) is 22.3 Å². The summed E-state index contributed by atoms with van der Waals surface area (Å²) in [5.74, 6) is 0. The van der Waals surface area contributed by atoms with Gasteiger partial charge in [0.2, 0.25) is 0 Å². The average molecular weight is 292 g/mol. The van der Waals surface area contributed by atoms with Crippen molar-refractivity contribution in [3.05, 3.63) is 89.5 Å². The lowest BCUT2D eigenvalue weighted by Gasteiger charge is -2.28. The lowest BCUT2D eigenvalue weighted by Crippen LogP contribution is -2.24. The summed E-state index contributed by atoms with van der Waals surface area (Å²) in [5.41, 5.74) is 4.38. The van der Waals surface area contributed by atoms with Crippen LogP contribution in [0.4, 0.5) is 0 Å². The van der Waals surface area contributed by atoms with Crippen LogP contribution in [-0.4, -0.2) is 6.61 Å². The third kappa shape index (κ3) is 3.96. The molecule has 1 heteroatoms. The summed E-state index contributed by atoms with van der Waals surface area (Å²) in [4.78, 5) is 0. The van der Waals surface area contributed by atoms with E-state index < -0.39 is 5.60 Å². The summed E-state index contributed by atoms with van der Waals surface area (Å²) in [6, 6.07) is 16.8. The molecule has 0 aliphatic rings. The molecule has 2 rings (SSSR count). The normalized spacial score (nSPS) is 14.0. The predicted octanol–water partition coefficient (Wildman–Crippen LogP) is 5.43. The molecule has 114 valence electrons. The second-order valence-corrected chi connectivity index (χ2v) is 5.77. The second-order valence-electron chi connectivity index (χ2n) is 5.77. The topological polar surface area (TPSA) is 9.23 Å². The summed E-state index contributed by atoms with van der Waals surface area (Å²) in [7, 11) is 0. The van der Waals surface area contributed by atoms with Crippen LogP contribution >= 0.6 is 0 Å². The number of hydrogen-bond donors (Lipinski definition) is 0. The van der Waals surface area contributed by atoms with Gasteiger partial charge in [0.15, 0.2) is 0 Å². The van der Waals surface area contributed by atoms with Crippen LogP contribution in [0, 0.1) is 13.8 Å². The van der Waals surface area contributed by atoms with Gasteiger partial charge in [-0.2, -0.15) is 0 Å². The van der Waals surface area contributed by atoms with Crippen molar-refractivity contribution in [2.45, 2.75) is 26.4 Å². The van der Waals surface area contributed by atoms with Gasteiger partial charge in [0.25, 0.3) is 0 Å². The zero-order chi connectivity index (χ0) is 16.0. The van der Waals surface area contributed by atoms with Crippen molar-refractivity contribution in [1.82, 2.24) is 0 Å². The van der Waals surface area contributed by atoms with Crippen molar-refractivity contribution in [3.63, 3.8) is 0 Å². The monoisotopic (exact) mass is 292 g/mol. The van der Waals surface area contributed by atoms with Gasteiger partial charge in [-0.3, -0.25) is 0 Å². The van der Waals surface area contributed by atoms with E-state index in [4.69, 9.17) is 4.74 Å². The Balaban J connectivity index is 2.35. The van der Waals surface area contributed by atoms with Crippen molar-refractivity contribution in [2.24, 2.45) is 0 Å². The summed E-state index contributed by atoms with van der Waals surface area (Å²) < 4.78 is 6.09. The van der Waals surface area contributed by atoms with Gasteiger partial charge in [0.05, 0.1) is 6.61 Å². The minimum absolute atomic E-state index is 0.468. The Labute approximate surface area is 134 Å². The predicted molar refractivity (Wildman–Crippen MR) is 94.9 cm³/mol. The van der Waals surface area contributed by atoms with E-state index in [1.54, 1.807) is 6.08 Å². The van der Waals surface area contributed by atoms with Crippen molar-refractivity contribution >= 4 is 6.08 Å². The molecule has 2 aromatic carbocycles. The molecule has 1 nitrogen and oxygen atoms in total. The van der Waals surface area contributed by atoms with Crippen molar-refractivity contribution in [1.29, 1.82) is 0 Å². The zero-order valence-electron chi connectivity index (χ0n) is 13.7. The SMILES string of the molecule is C=CCO[C@](C)(/C=C/c1ccc(C)cc1)c1ccccc1C. The quantitative estimate of drug-likeness (QED) is 0.645. The molecular weight excluding hydrogens is 268 g/mol. The van der Waals surface area contributed by atoms with Gasteiger partial charge in [-0.1, -0.05) is 66.2 Å². The Morgan fingerprint density at radius 2 is 1.73 bits per heavy atom. The van der Waals surface area contributed by atoms with Crippen LogP contribution in [0.3, 0.4) is 0 Å². The van der Waals surface area contributed by atoms with Gasteiger partial charge < -0.3 is 4.74 Å². The van der Waals surface area contributed by atoms with Gasteiger partial charge in [-0.15, -0.1) is 6.58 Å². The van der Waals surface area contributed by atoms with Crippen molar-refractivity contribution in [3.8, 4) is 0 Å². The summed E-state index contributed by atoms with van der Waals surface area (Å²) in [6.07, 6.45) is 6.04. The fourth-order valence-electron chi connectivity index (χ4n) is 2.51. The number of benzene rings is 2. The Kier molecular flexibility index (Phi) is 5.35. The molecule has 0 spiro atoms. The summed E-state index contributed by atoms with van der Waals surface area (Å²) in [6.45, 7) is 10.6. The third-order valence-electron chi connectivity index (χ3n) is 3.85. The van der Waals surface area contributed by atoms with Crippen LogP contribution in [0.2, 0.25) is 0 Å². The molecule has 0 fully saturated rings. The zero-order valence-corrected chi connectivity index (χ0v) is 13.7. The van der Waals surface area contributed by atoms with Crippen LogP contribution in [0.1, 0.15) is 29.2 Å². The minimum Gasteiger partial charge on any atom is -0.362 e. The smallest absolute Gasteiger partial charge is 0.109 e. The molecule has 1 atom stereocenters. The molecule has 0 saturated heterocycles. The van der Waals surface area contributed by atoms with Crippen molar-refractivity contribution < 1.29 is 4.74 Å². The standard InChI is InChI=1S/C21H24O/c1-5-16-22-21(4,20-9-7-6-8-18(20)3)15-14-19-12-10-17(2)11-13-19/h5-15H,1,16H2,2-4H3/b15-14+/t21-/m1/s1. The molecular formula is C21H24O. The Bertz CT molecular complexity index is 652. The molecule has 0 aliphatic heterocycles. The van der Waals surface area contributed by atoms with Crippen LogP contribution in [0.15, 0.2) is 67.3 Å². The minimum atomic E-state index is -0.468. The largest absolute Gasteiger partial charge is 0.362 e. The molecule has 0 aliphatic carbocycles. The van der Waals surface area contributed by atoms with E-state index in [0.717, 1.165) is 0 Å². The van der Waals surface area contributed by atoms with Crippen LogP contribution in [-0.2, 0) is 10.3 Å². The fraction of sp³-hybridized carbons (Fsp3) is 0.238. The summed E-state index contributed by atoms with van der Waals surface area (Å²) in [5, 5.41) is 0. The first-order valence-corrected chi connectivity index (χ1v) is 7.62. The highest BCUT2D eigenvalue weighted by Gasteiger charge is 2.25. The lowest BCUT2D eigenvalue weighted by atomic mass is 9.90. The highest BCUT2D eigenvalue weighted by atomic mass is 16.5. The number of aryl methyl sites for hydroxylation is 2. The van der Waals surface area contributed by atoms with E-state index in [1.807, 2.05) is 0 Å². The lowest BCUT2D eigenvalue weighted by molar-refractivity contribution is 0.0207. The molecule has 0 amide bonds. The van der Waals surface area contributed by atoms with E-state index in [-0.39, 0.29) is 0 Å². The molecule has 0 bridgehead atoms. The molecule has 22 heavy (non-hydrogen) atoms. The fourth-order valence-corrected chi connectivity index (χ4v) is 2.51. The number of ether oxygens (including phenoxy) is 1. The Morgan fingerprint density at radius 3 is 2.36 bits per heavy atom. The van der Waals surface area contributed by atoms with Crippen LogP contribution in [0.5, 0.6) is 0 Å². The first-order valence-electron chi connectivity index (χ1n) is 7.62. The highest BCUT2D eigenvalue weighted by Crippen LogP contribution is 2.30. The average Bonchev–Trinajstić information content (AvgIpc) is 2.53. The molecule has 0 saturated carbocycles. The maximum atomic E-state index is 6.09. The summed E-state index contributed by atoms with van der Waals surface area (Å²) >= 11 is 0. The molecule has 2 aromatic rings. The first-order chi connectivity index (χ1) is 10.5. The molecule has 0 N–H and O–H groups in total. The van der Waals surface area contributed by atoms with Gasteiger partial charge in [-0.25, -0.2) is 0 Å². The van der Waals surface area contributed by atoms with Gasteiger partial charge in [-0.05, 0) is 43.5 Å². The maximum absolute atomic E-state index is 6.09. The van der Waals surface area contributed by atoms with E-state index in [0.29, 0.717) is 6.61 Å². The first kappa shape index (κ1) is 16.3. The highest BCUT2D eigenvalue weighted by molar-refractivity contribution is 5.52. The Morgan fingerprint density at radius 1 is 1.05 bits per heavy atom. The van der Waals surface area contributed by atoms with Gasteiger partial charge in [0.1, 0.15) is 5.60 Å². The van der Waals surface area contributed by atoms with Crippen molar-refractivity contribution in [2.75, 3.05) is 6.61 Å².